The number of rotatable bonds is 15. The molecule has 0 fully saturated rings. The van der Waals surface area contributed by atoms with Gasteiger partial charge in [0.1, 0.15) is 39.9 Å². The van der Waals surface area contributed by atoms with Crippen molar-refractivity contribution in [1.29, 1.82) is 0 Å². The first-order chi connectivity index (χ1) is 35.5. The molecule has 4 heterocycles. The van der Waals surface area contributed by atoms with Gasteiger partial charge in [-0.25, -0.2) is 8.78 Å². The number of carbonyl (C=O) groups is 4. The van der Waals surface area contributed by atoms with E-state index >= 15 is 0 Å². The largest absolute Gasteiger partial charge is 0.541 e. The third kappa shape index (κ3) is 10.8. The molecule has 2 aromatic heterocycles. The molecule has 17 heteroatoms. The van der Waals surface area contributed by atoms with Gasteiger partial charge in [0.15, 0.2) is 17.0 Å². The van der Waals surface area contributed by atoms with E-state index in [1.165, 1.54) is 39.0 Å². The highest BCUT2D eigenvalue weighted by molar-refractivity contribution is 6.78. The second kappa shape index (κ2) is 21.5. The van der Waals surface area contributed by atoms with E-state index in [9.17, 15) is 33.1 Å². The number of halogens is 2. The minimum absolute atomic E-state index is 0.145. The highest BCUT2D eigenvalue weighted by Gasteiger charge is 2.49. The molecule has 4 aromatic carbocycles. The van der Waals surface area contributed by atoms with Gasteiger partial charge in [-0.2, -0.15) is 0 Å². The maximum atomic E-state index is 13.8. The third-order valence-corrected chi connectivity index (χ3v) is 20.5. The van der Waals surface area contributed by atoms with Crippen molar-refractivity contribution >= 4 is 53.8 Å². The fraction of sp³-hybridized carbons (Fsp3) is 0.424. The van der Waals surface area contributed by atoms with Gasteiger partial charge in [-0.05, 0) is 116 Å². The lowest BCUT2D eigenvalue weighted by molar-refractivity contribution is -0.143. The van der Waals surface area contributed by atoms with Crippen molar-refractivity contribution in [2.75, 3.05) is 42.3 Å². The Bertz CT molecular complexity index is 3210. The summed E-state index contributed by atoms with van der Waals surface area (Å²) in [6.45, 7) is 20.6. The number of benzene rings is 4. The number of hydrogen-bond acceptors (Lipinski definition) is 10. The van der Waals surface area contributed by atoms with Crippen LogP contribution in [0.3, 0.4) is 0 Å². The molecule has 0 bridgehead atoms. The third-order valence-electron chi connectivity index (χ3n) is 14.5. The van der Waals surface area contributed by atoms with Crippen LogP contribution in [0.5, 0.6) is 23.0 Å². The Labute approximate surface area is 446 Å². The van der Waals surface area contributed by atoms with Gasteiger partial charge in [-0.1, -0.05) is 65.8 Å². The highest BCUT2D eigenvalue weighted by Crippen LogP contribution is 2.51. The number of phenolic OH excluding ortho intramolecular Hbond substituents is 1. The van der Waals surface area contributed by atoms with Gasteiger partial charge < -0.3 is 38.6 Å². The monoisotopic (exact) mass is 1060 g/mol. The average molecular weight is 1060 g/mol. The van der Waals surface area contributed by atoms with E-state index in [0.29, 0.717) is 69.6 Å². The van der Waals surface area contributed by atoms with Crippen molar-refractivity contribution in [3.63, 3.8) is 0 Å². The number of nitrogens with zero attached hydrogens (tertiary/aromatic N) is 6. The number of phenols is 1. The first-order valence-electron chi connectivity index (χ1n) is 25.6. The molecule has 0 unspecified atom stereocenters. The van der Waals surface area contributed by atoms with Crippen LogP contribution in [-0.2, 0) is 35.5 Å². The van der Waals surface area contributed by atoms with Gasteiger partial charge in [-0.3, -0.25) is 29.1 Å². The fourth-order valence-electron chi connectivity index (χ4n) is 11.0. The standard InChI is InChI=1S/C34H46FN3O4Si.C25H26FN3O4/c1-20(2)43(21(3)4,22(5)6)42-31-28-27(19-38(11)32(28)39)30(41-34(7,8)33(40)37(9)10)26-17-24(18-36-29(26)31)16-23-12-14-25(35)15-13-23;1-25(2,24(32)28(3)4)33-22-17-11-15(10-14-6-8-16(26)9-7-14)12-27-20(17)21(30)19-18(22)13-29(5)23(19)31/h12-15,17-18,20-22H,16,19H2,1-11H3;6-9,11-12,30H,10,13H2,1-5H3. The van der Waals surface area contributed by atoms with Crippen LogP contribution < -0.4 is 13.9 Å². The summed E-state index contributed by atoms with van der Waals surface area (Å²) in [6.07, 6.45) is 4.41. The van der Waals surface area contributed by atoms with Crippen LogP contribution in [0.2, 0.25) is 16.6 Å². The molecule has 1 N–H and O–H groups in total. The van der Waals surface area contributed by atoms with E-state index in [-0.39, 0.29) is 75.3 Å². The quantitative estimate of drug-likeness (QED) is 0.0983. The molecule has 0 aliphatic carbocycles. The molecule has 0 spiro atoms. The zero-order valence-corrected chi connectivity index (χ0v) is 47.7. The van der Waals surface area contributed by atoms with Crippen molar-refractivity contribution in [2.24, 2.45) is 0 Å². The summed E-state index contributed by atoms with van der Waals surface area (Å²) in [5.74, 6) is -0.395. The molecule has 2 aliphatic rings. The van der Waals surface area contributed by atoms with Crippen LogP contribution in [0.1, 0.15) is 123 Å². The first kappa shape index (κ1) is 56.6. The Hall–Kier alpha value is -7.14. The minimum Gasteiger partial charge on any atom is -0.541 e. The molecular weight excluding hydrogens is 987 g/mol. The predicted octanol–water partition coefficient (Wildman–Crippen LogP) is 10.9. The Morgan fingerprint density at radius 3 is 1.38 bits per heavy atom. The molecule has 0 saturated carbocycles. The second-order valence-electron chi connectivity index (χ2n) is 22.5. The molecule has 0 radical (unpaired) electrons. The molecule has 0 saturated heterocycles. The SMILES string of the molecule is CC(C)[Si](Oc1c2c(c(OC(C)(C)C(=O)N(C)C)c3cc(Cc4ccc(F)cc4)cnc13)CN(C)C2=O)(C(C)C)C(C)C.CN(C)C(=O)C(C)(C)Oc1c2c(c(O)c3ncc(Cc4ccc(F)cc4)cc13)C(=O)N(C)C2. The summed E-state index contributed by atoms with van der Waals surface area (Å²) in [5, 5.41) is 12.1. The van der Waals surface area contributed by atoms with Crippen molar-refractivity contribution in [2.45, 2.75) is 123 Å². The Morgan fingerprint density at radius 2 is 0.987 bits per heavy atom. The van der Waals surface area contributed by atoms with Gasteiger partial charge in [0.25, 0.3) is 31.9 Å². The van der Waals surface area contributed by atoms with E-state index in [0.717, 1.165) is 22.3 Å². The number of ether oxygens (including phenoxy) is 2. The summed E-state index contributed by atoms with van der Waals surface area (Å²) >= 11 is 0. The number of amides is 4. The normalized spacial score (nSPS) is 13.6. The number of fused-ring (bicyclic) bond motifs is 4. The Balaban J connectivity index is 0.000000229. The predicted molar refractivity (Wildman–Crippen MR) is 294 cm³/mol. The summed E-state index contributed by atoms with van der Waals surface area (Å²) in [4.78, 5) is 68.0. The van der Waals surface area contributed by atoms with Crippen molar-refractivity contribution in [3.05, 3.63) is 129 Å². The van der Waals surface area contributed by atoms with Gasteiger partial charge in [-0.15, -0.1) is 0 Å². The van der Waals surface area contributed by atoms with E-state index < -0.39 is 19.5 Å². The molecular formula is C59H72F2N6O8Si. The van der Waals surface area contributed by atoms with Gasteiger partial charge in [0, 0.05) is 76.6 Å². The van der Waals surface area contributed by atoms with Crippen LogP contribution in [-0.4, -0.2) is 120 Å². The van der Waals surface area contributed by atoms with Gasteiger partial charge >= 0.3 is 0 Å². The number of pyridine rings is 2. The minimum atomic E-state index is -2.50. The van der Waals surface area contributed by atoms with Crippen molar-refractivity contribution < 1.29 is 47.0 Å². The Morgan fingerprint density at radius 1 is 0.618 bits per heavy atom. The van der Waals surface area contributed by atoms with E-state index in [1.54, 1.807) is 112 Å². The Kier molecular flexibility index (Phi) is 16.0. The average Bonchev–Trinajstić information content (AvgIpc) is 3.82. The summed E-state index contributed by atoms with van der Waals surface area (Å²) in [7, 11) is 7.58. The molecule has 14 nitrogen and oxygen atoms in total. The fourth-order valence-corrected chi connectivity index (χ4v) is 16.2. The van der Waals surface area contributed by atoms with Crippen molar-refractivity contribution in [1.82, 2.24) is 29.6 Å². The maximum Gasteiger partial charge on any atom is 0.265 e. The van der Waals surface area contributed by atoms with Crippen LogP contribution >= 0.6 is 0 Å². The van der Waals surface area contributed by atoms with Crippen LogP contribution in [0.4, 0.5) is 8.78 Å². The number of carbonyl (C=O) groups excluding carboxylic acids is 4. The van der Waals surface area contributed by atoms with E-state index in [1.807, 2.05) is 12.1 Å². The summed E-state index contributed by atoms with van der Waals surface area (Å²) in [6, 6.07) is 16.4. The maximum absolute atomic E-state index is 13.8. The van der Waals surface area contributed by atoms with E-state index in [4.69, 9.17) is 18.9 Å². The zero-order valence-electron chi connectivity index (χ0n) is 46.7. The molecule has 76 heavy (non-hydrogen) atoms. The van der Waals surface area contributed by atoms with Gasteiger partial charge in [0.2, 0.25) is 0 Å². The lowest BCUT2D eigenvalue weighted by Gasteiger charge is -2.42. The van der Waals surface area contributed by atoms with Crippen molar-refractivity contribution in [3.8, 4) is 23.0 Å². The molecule has 2 aliphatic heterocycles. The number of aromatic hydroxyl groups is 1. The lowest BCUT2D eigenvalue weighted by atomic mass is 9.98. The number of hydrogen-bond donors (Lipinski definition) is 1. The second-order valence-corrected chi connectivity index (χ2v) is 27.9. The first-order valence-corrected chi connectivity index (χ1v) is 27.8. The topological polar surface area (TPSA) is 155 Å². The molecule has 8 rings (SSSR count). The molecule has 404 valence electrons. The summed E-state index contributed by atoms with van der Waals surface area (Å²) < 4.78 is 47.1. The molecule has 4 amide bonds. The number of likely N-dealkylation sites (N-methyl/N-ethyl adjacent to an activating group) is 2. The van der Waals surface area contributed by atoms with Gasteiger partial charge in [0.05, 0.1) is 24.2 Å². The van der Waals surface area contributed by atoms with E-state index in [2.05, 4.69) is 46.5 Å². The molecule has 0 atom stereocenters. The zero-order chi connectivity index (χ0) is 56.1. The smallest absolute Gasteiger partial charge is 0.265 e. The number of aromatic nitrogens is 2. The lowest BCUT2D eigenvalue weighted by Crippen LogP contribution is -2.51. The summed E-state index contributed by atoms with van der Waals surface area (Å²) in [5.41, 5.74) is 4.54. The van der Waals surface area contributed by atoms with Crippen LogP contribution in [0.25, 0.3) is 21.8 Å². The van der Waals surface area contributed by atoms with Crippen LogP contribution in [0.15, 0.2) is 73.1 Å². The highest BCUT2D eigenvalue weighted by atomic mass is 28.4. The molecule has 6 aromatic rings. The van der Waals surface area contributed by atoms with Crippen LogP contribution in [0, 0.1) is 11.6 Å².